The van der Waals surface area contributed by atoms with Gasteiger partial charge in [-0.1, -0.05) is 0 Å². The van der Waals surface area contributed by atoms with E-state index >= 15 is 0 Å². The number of H-pyrrole nitrogens is 1. The number of carbonyl (C=O) groups is 1. The van der Waals surface area contributed by atoms with Gasteiger partial charge in [0.2, 0.25) is 10.0 Å². The van der Waals surface area contributed by atoms with E-state index in [1.54, 1.807) is 19.2 Å². The SMILES string of the molecule is CC(C)S(=O)(=O)N1CCC(c2cc(C(=O)NCC(F)(F)F)n[nH]2)CC1. The van der Waals surface area contributed by atoms with Crippen molar-refractivity contribution in [3.05, 3.63) is 17.5 Å². The molecule has 0 radical (unpaired) electrons. The third kappa shape index (κ3) is 4.94. The fourth-order valence-corrected chi connectivity index (χ4v) is 3.97. The fraction of sp³-hybridized carbons (Fsp3) is 0.714. The molecule has 1 saturated heterocycles. The molecule has 0 aliphatic carbocycles. The summed E-state index contributed by atoms with van der Waals surface area (Å²) in [6, 6.07) is 1.42. The molecule has 1 aromatic heterocycles. The van der Waals surface area contributed by atoms with Crippen molar-refractivity contribution in [2.45, 2.75) is 44.0 Å². The average Bonchev–Trinajstić information content (AvgIpc) is 3.02. The molecular formula is C14H21F3N4O3S. The minimum Gasteiger partial charge on any atom is -0.342 e. The highest BCUT2D eigenvalue weighted by molar-refractivity contribution is 7.89. The van der Waals surface area contributed by atoms with Gasteiger partial charge in [0.15, 0.2) is 0 Å². The van der Waals surface area contributed by atoms with Crippen LogP contribution in [0.25, 0.3) is 0 Å². The summed E-state index contributed by atoms with van der Waals surface area (Å²) >= 11 is 0. The molecule has 1 aliphatic heterocycles. The van der Waals surface area contributed by atoms with Gasteiger partial charge in [-0.05, 0) is 32.8 Å². The standard InChI is InChI=1S/C14H21F3N4O3S/c1-9(2)25(23,24)21-5-3-10(4-6-21)11-7-12(20-19-11)13(22)18-8-14(15,16)17/h7,9-10H,3-6,8H2,1-2H3,(H,18,22)(H,19,20). The highest BCUT2D eigenvalue weighted by Crippen LogP contribution is 2.29. The second-order valence-electron chi connectivity index (χ2n) is 6.27. The second-order valence-corrected chi connectivity index (χ2v) is 8.76. The van der Waals surface area contributed by atoms with E-state index in [1.807, 2.05) is 0 Å². The number of nitrogens with zero attached hydrogens (tertiary/aromatic N) is 2. The van der Waals surface area contributed by atoms with E-state index in [1.165, 1.54) is 10.4 Å². The van der Waals surface area contributed by atoms with Crippen molar-refractivity contribution < 1.29 is 26.4 Å². The molecule has 0 spiro atoms. The summed E-state index contributed by atoms with van der Waals surface area (Å²) < 4.78 is 62.1. The molecule has 2 heterocycles. The molecule has 0 saturated carbocycles. The number of rotatable bonds is 5. The molecule has 11 heteroatoms. The van der Waals surface area contributed by atoms with E-state index in [4.69, 9.17) is 0 Å². The molecule has 1 aliphatic rings. The number of sulfonamides is 1. The van der Waals surface area contributed by atoms with Gasteiger partial charge in [0.25, 0.3) is 5.91 Å². The van der Waals surface area contributed by atoms with Crippen LogP contribution in [0.1, 0.15) is 48.8 Å². The predicted molar refractivity (Wildman–Crippen MR) is 84.6 cm³/mol. The normalized spacial score (nSPS) is 17.8. The van der Waals surface area contributed by atoms with Crippen LogP contribution < -0.4 is 5.32 Å². The molecule has 0 unspecified atom stereocenters. The lowest BCUT2D eigenvalue weighted by Crippen LogP contribution is -2.41. The maximum absolute atomic E-state index is 12.1. The van der Waals surface area contributed by atoms with E-state index in [0.29, 0.717) is 31.6 Å². The summed E-state index contributed by atoms with van der Waals surface area (Å²) in [5.41, 5.74) is 0.509. The van der Waals surface area contributed by atoms with Crippen LogP contribution in [-0.4, -0.2) is 59.9 Å². The molecule has 0 atom stereocenters. The predicted octanol–water partition coefficient (Wildman–Crippen LogP) is 1.62. The van der Waals surface area contributed by atoms with Crippen molar-refractivity contribution in [1.29, 1.82) is 0 Å². The van der Waals surface area contributed by atoms with E-state index in [0.717, 1.165) is 0 Å². The first-order chi connectivity index (χ1) is 11.5. The minimum atomic E-state index is -4.48. The van der Waals surface area contributed by atoms with Crippen LogP contribution in [0.2, 0.25) is 0 Å². The van der Waals surface area contributed by atoms with Crippen LogP contribution in [0.15, 0.2) is 6.07 Å². The zero-order valence-electron chi connectivity index (χ0n) is 13.9. The highest BCUT2D eigenvalue weighted by Gasteiger charge is 2.32. The van der Waals surface area contributed by atoms with Gasteiger partial charge >= 0.3 is 6.18 Å². The van der Waals surface area contributed by atoms with Crippen LogP contribution >= 0.6 is 0 Å². The highest BCUT2D eigenvalue weighted by atomic mass is 32.2. The molecule has 0 aromatic carbocycles. The third-order valence-corrected chi connectivity index (χ3v) is 6.41. The van der Waals surface area contributed by atoms with Gasteiger partial charge in [-0.25, -0.2) is 12.7 Å². The molecule has 7 nitrogen and oxygen atoms in total. The largest absolute Gasteiger partial charge is 0.405 e. The van der Waals surface area contributed by atoms with Gasteiger partial charge in [0.05, 0.1) is 5.25 Å². The number of halogens is 3. The monoisotopic (exact) mass is 382 g/mol. The van der Waals surface area contributed by atoms with Crippen molar-refractivity contribution in [1.82, 2.24) is 19.8 Å². The summed E-state index contributed by atoms with van der Waals surface area (Å²) in [6.45, 7) is 2.56. The number of alkyl halides is 3. The van der Waals surface area contributed by atoms with Gasteiger partial charge in [-0.2, -0.15) is 18.3 Å². The average molecular weight is 382 g/mol. The Morgan fingerprint density at radius 3 is 2.52 bits per heavy atom. The Hall–Kier alpha value is -1.62. The molecule has 1 amide bonds. The third-order valence-electron chi connectivity index (χ3n) is 4.13. The van der Waals surface area contributed by atoms with Gasteiger partial charge in [0.1, 0.15) is 12.2 Å². The van der Waals surface area contributed by atoms with Crippen molar-refractivity contribution in [2.75, 3.05) is 19.6 Å². The molecular weight excluding hydrogens is 361 g/mol. The van der Waals surface area contributed by atoms with Crippen LogP contribution in [0, 0.1) is 0 Å². The second kappa shape index (κ2) is 7.32. The number of aromatic nitrogens is 2. The summed E-state index contributed by atoms with van der Waals surface area (Å²) in [5.74, 6) is -0.921. The van der Waals surface area contributed by atoms with Crippen molar-refractivity contribution in [3.8, 4) is 0 Å². The Labute approximate surface area is 144 Å². The quantitative estimate of drug-likeness (QED) is 0.809. The topological polar surface area (TPSA) is 95.2 Å². The number of hydrogen-bond acceptors (Lipinski definition) is 4. The lowest BCUT2D eigenvalue weighted by Gasteiger charge is -2.31. The number of carbonyl (C=O) groups excluding carboxylic acids is 1. The van der Waals surface area contributed by atoms with Crippen molar-refractivity contribution >= 4 is 15.9 Å². The van der Waals surface area contributed by atoms with E-state index in [2.05, 4.69) is 10.2 Å². The first-order valence-electron chi connectivity index (χ1n) is 7.90. The number of hydrogen-bond donors (Lipinski definition) is 2. The summed E-state index contributed by atoms with van der Waals surface area (Å²) in [6.07, 6.45) is -3.38. The minimum absolute atomic E-state index is 0.0183. The summed E-state index contributed by atoms with van der Waals surface area (Å²) in [5, 5.41) is 7.70. The van der Waals surface area contributed by atoms with Crippen LogP contribution in [0.4, 0.5) is 13.2 Å². The summed E-state index contributed by atoms with van der Waals surface area (Å²) in [4.78, 5) is 11.7. The van der Waals surface area contributed by atoms with E-state index in [9.17, 15) is 26.4 Å². The fourth-order valence-electron chi connectivity index (χ4n) is 2.65. The Balaban J connectivity index is 1.95. The van der Waals surface area contributed by atoms with E-state index < -0.39 is 33.9 Å². The summed E-state index contributed by atoms with van der Waals surface area (Å²) in [7, 11) is -3.30. The van der Waals surface area contributed by atoms with Gasteiger partial charge in [0, 0.05) is 24.7 Å². The van der Waals surface area contributed by atoms with E-state index in [-0.39, 0.29) is 11.6 Å². The van der Waals surface area contributed by atoms with Crippen LogP contribution in [0.5, 0.6) is 0 Å². The van der Waals surface area contributed by atoms with Gasteiger partial charge in [-0.3, -0.25) is 9.89 Å². The lowest BCUT2D eigenvalue weighted by molar-refractivity contribution is -0.123. The zero-order chi connectivity index (χ0) is 18.8. The molecule has 1 aromatic rings. The molecule has 2 rings (SSSR count). The Bertz CT molecular complexity index is 707. The maximum atomic E-state index is 12.1. The molecule has 142 valence electrons. The number of aromatic amines is 1. The zero-order valence-corrected chi connectivity index (χ0v) is 14.7. The van der Waals surface area contributed by atoms with Gasteiger partial charge in [-0.15, -0.1) is 0 Å². The van der Waals surface area contributed by atoms with Crippen LogP contribution in [0.3, 0.4) is 0 Å². The number of nitrogens with one attached hydrogen (secondary N) is 2. The first kappa shape index (κ1) is 19.7. The number of amides is 1. The smallest absolute Gasteiger partial charge is 0.342 e. The lowest BCUT2D eigenvalue weighted by atomic mass is 9.94. The maximum Gasteiger partial charge on any atom is 0.405 e. The molecule has 1 fully saturated rings. The Kier molecular flexibility index (Phi) is 5.77. The van der Waals surface area contributed by atoms with Crippen LogP contribution in [-0.2, 0) is 10.0 Å². The van der Waals surface area contributed by atoms with Crippen molar-refractivity contribution in [3.63, 3.8) is 0 Å². The van der Waals surface area contributed by atoms with Gasteiger partial charge < -0.3 is 5.32 Å². The number of piperidine rings is 1. The first-order valence-corrected chi connectivity index (χ1v) is 9.40. The molecule has 2 N–H and O–H groups in total. The Morgan fingerprint density at radius 2 is 2.00 bits per heavy atom. The molecule has 0 bridgehead atoms. The Morgan fingerprint density at radius 1 is 1.40 bits per heavy atom. The van der Waals surface area contributed by atoms with Crippen molar-refractivity contribution in [2.24, 2.45) is 0 Å². The molecule has 25 heavy (non-hydrogen) atoms.